The Balaban J connectivity index is 2.08. The van der Waals surface area contributed by atoms with Crippen LogP contribution in [0.5, 0.6) is 0 Å². The molecule has 0 spiro atoms. The molecule has 0 saturated carbocycles. The van der Waals surface area contributed by atoms with Gasteiger partial charge >= 0.3 is 12.0 Å². The summed E-state index contributed by atoms with van der Waals surface area (Å²) in [6.45, 7) is 2.47. The third-order valence-corrected chi connectivity index (χ3v) is 5.99. The average molecular weight is 318 g/mol. The Bertz CT molecular complexity index is 519. The second-order valence-electron chi connectivity index (χ2n) is 5.88. The molecular weight excluding hydrogens is 296 g/mol. The Hall–Kier alpha value is -1.31. The number of likely N-dealkylation sites (tertiary alicyclic amines) is 1. The quantitative estimate of drug-likeness (QED) is 0.802. The highest BCUT2D eigenvalue weighted by Gasteiger charge is 2.37. The number of hydrogen-bond acceptors (Lipinski definition) is 4. The van der Waals surface area contributed by atoms with E-state index in [-0.39, 0.29) is 42.6 Å². The Morgan fingerprint density at radius 1 is 1.19 bits per heavy atom. The highest BCUT2D eigenvalue weighted by molar-refractivity contribution is 7.91. The van der Waals surface area contributed by atoms with Crippen LogP contribution in [-0.2, 0) is 14.6 Å². The van der Waals surface area contributed by atoms with Gasteiger partial charge in [0.1, 0.15) is 0 Å². The van der Waals surface area contributed by atoms with Gasteiger partial charge in [0.25, 0.3) is 0 Å². The Morgan fingerprint density at radius 2 is 1.90 bits per heavy atom. The topological polar surface area (TPSA) is 95.0 Å². The monoisotopic (exact) mass is 318 g/mol. The number of amides is 2. The number of aliphatic carboxylic acids is 1. The minimum absolute atomic E-state index is 0.0134. The van der Waals surface area contributed by atoms with E-state index in [2.05, 4.69) is 0 Å². The zero-order chi connectivity index (χ0) is 15.6. The lowest BCUT2D eigenvalue weighted by Gasteiger charge is -2.41. The molecule has 2 unspecified atom stereocenters. The Labute approximate surface area is 124 Å². The average Bonchev–Trinajstić information content (AvgIpc) is 2.37. The Morgan fingerprint density at radius 3 is 2.52 bits per heavy atom. The summed E-state index contributed by atoms with van der Waals surface area (Å²) in [5, 5.41) is 8.97. The molecule has 2 amide bonds. The minimum Gasteiger partial charge on any atom is -0.481 e. The lowest BCUT2D eigenvalue weighted by atomic mass is 9.99. The third kappa shape index (κ3) is 3.87. The molecule has 0 aliphatic carbocycles. The molecule has 2 atom stereocenters. The molecule has 2 saturated heterocycles. The van der Waals surface area contributed by atoms with Gasteiger partial charge in [-0.05, 0) is 26.2 Å². The normalized spacial score (nSPS) is 29.2. The minimum atomic E-state index is -3.07. The number of piperidine rings is 1. The molecule has 0 aromatic heterocycles. The first kappa shape index (κ1) is 16.1. The Kier molecular flexibility index (Phi) is 4.75. The largest absolute Gasteiger partial charge is 0.481 e. The number of carboxylic acids is 1. The summed E-state index contributed by atoms with van der Waals surface area (Å²) in [6, 6.07) is -0.860. The number of urea groups is 1. The van der Waals surface area contributed by atoms with Crippen LogP contribution in [0.3, 0.4) is 0 Å². The van der Waals surface area contributed by atoms with Crippen molar-refractivity contribution in [1.29, 1.82) is 0 Å². The lowest BCUT2D eigenvalue weighted by molar-refractivity contribution is -0.138. The number of rotatable bonds is 2. The highest BCUT2D eigenvalue weighted by Crippen LogP contribution is 2.23. The van der Waals surface area contributed by atoms with Crippen molar-refractivity contribution in [1.82, 2.24) is 9.80 Å². The lowest BCUT2D eigenvalue weighted by Crippen LogP contribution is -2.57. The van der Waals surface area contributed by atoms with Crippen molar-refractivity contribution in [3.63, 3.8) is 0 Å². The molecule has 2 aliphatic rings. The second kappa shape index (κ2) is 6.21. The fraction of sp³-hybridized carbons (Fsp3) is 0.846. The summed E-state index contributed by atoms with van der Waals surface area (Å²) in [4.78, 5) is 26.7. The number of hydrogen-bond donors (Lipinski definition) is 1. The SMILES string of the molecule is CC1CS(=O)(=O)CCN1C(=O)N1CCCCC1CC(=O)O. The van der Waals surface area contributed by atoms with E-state index in [1.54, 1.807) is 16.7 Å². The summed E-state index contributed by atoms with van der Waals surface area (Å²) in [5.74, 6) is -0.939. The van der Waals surface area contributed by atoms with Crippen molar-refractivity contribution in [2.45, 2.75) is 44.7 Å². The van der Waals surface area contributed by atoms with E-state index in [1.165, 1.54) is 0 Å². The van der Waals surface area contributed by atoms with Gasteiger partial charge in [0.2, 0.25) is 0 Å². The molecular formula is C13H22N2O5S. The van der Waals surface area contributed by atoms with Crippen molar-refractivity contribution < 1.29 is 23.1 Å². The standard InChI is InChI=1S/C13H22N2O5S/c1-10-9-21(19,20)7-6-14(10)13(18)15-5-3-2-4-11(15)8-12(16)17/h10-11H,2-9H2,1H3,(H,16,17). The number of sulfone groups is 1. The maximum Gasteiger partial charge on any atom is 0.320 e. The van der Waals surface area contributed by atoms with Gasteiger partial charge in [-0.2, -0.15) is 0 Å². The van der Waals surface area contributed by atoms with Crippen molar-refractivity contribution in [2.75, 3.05) is 24.6 Å². The first-order chi connectivity index (χ1) is 9.80. The van der Waals surface area contributed by atoms with Crippen LogP contribution in [0.2, 0.25) is 0 Å². The predicted octanol–water partition coefficient (Wildman–Crippen LogP) is 0.555. The van der Waals surface area contributed by atoms with Crippen molar-refractivity contribution in [3.05, 3.63) is 0 Å². The zero-order valence-corrected chi connectivity index (χ0v) is 13.0. The van der Waals surface area contributed by atoms with Crippen LogP contribution < -0.4 is 0 Å². The molecule has 0 aromatic carbocycles. The van der Waals surface area contributed by atoms with Crippen LogP contribution in [0.15, 0.2) is 0 Å². The van der Waals surface area contributed by atoms with Gasteiger partial charge in [-0.15, -0.1) is 0 Å². The highest BCUT2D eigenvalue weighted by atomic mass is 32.2. The van der Waals surface area contributed by atoms with Gasteiger partial charge in [0.15, 0.2) is 9.84 Å². The van der Waals surface area contributed by atoms with Crippen LogP contribution in [0.1, 0.15) is 32.6 Å². The van der Waals surface area contributed by atoms with Gasteiger partial charge in [-0.25, -0.2) is 13.2 Å². The van der Waals surface area contributed by atoms with Gasteiger partial charge in [-0.3, -0.25) is 4.79 Å². The van der Waals surface area contributed by atoms with E-state index < -0.39 is 15.8 Å². The van der Waals surface area contributed by atoms with Crippen LogP contribution in [-0.4, -0.2) is 72.0 Å². The van der Waals surface area contributed by atoms with Gasteiger partial charge in [-0.1, -0.05) is 0 Å². The molecule has 2 aliphatic heterocycles. The van der Waals surface area contributed by atoms with Gasteiger partial charge in [0.05, 0.1) is 17.9 Å². The number of carboxylic acid groups (broad SMARTS) is 1. The summed E-state index contributed by atoms with van der Waals surface area (Å²) in [5.41, 5.74) is 0. The second-order valence-corrected chi connectivity index (χ2v) is 8.11. The summed E-state index contributed by atoms with van der Waals surface area (Å²) < 4.78 is 23.2. The zero-order valence-electron chi connectivity index (χ0n) is 12.2. The van der Waals surface area contributed by atoms with Crippen LogP contribution in [0.25, 0.3) is 0 Å². The van der Waals surface area contributed by atoms with E-state index in [0.717, 1.165) is 12.8 Å². The molecule has 7 nitrogen and oxygen atoms in total. The van der Waals surface area contributed by atoms with Crippen molar-refractivity contribution in [3.8, 4) is 0 Å². The van der Waals surface area contributed by atoms with Crippen LogP contribution in [0.4, 0.5) is 4.79 Å². The summed E-state index contributed by atoms with van der Waals surface area (Å²) in [7, 11) is -3.07. The van der Waals surface area contributed by atoms with Crippen LogP contribution in [0, 0.1) is 0 Å². The van der Waals surface area contributed by atoms with Crippen LogP contribution >= 0.6 is 0 Å². The molecule has 120 valence electrons. The molecule has 8 heteroatoms. The van der Waals surface area contributed by atoms with Gasteiger partial charge in [0, 0.05) is 25.2 Å². The first-order valence-electron chi connectivity index (χ1n) is 7.29. The molecule has 0 bridgehead atoms. The summed E-state index contributed by atoms with van der Waals surface area (Å²) >= 11 is 0. The fourth-order valence-electron chi connectivity index (χ4n) is 3.11. The van der Waals surface area contributed by atoms with Crippen molar-refractivity contribution in [2.24, 2.45) is 0 Å². The van der Waals surface area contributed by atoms with E-state index in [1.807, 2.05) is 0 Å². The van der Waals surface area contributed by atoms with Crippen molar-refractivity contribution >= 4 is 21.8 Å². The summed E-state index contributed by atoms with van der Waals surface area (Å²) in [6.07, 6.45) is 2.43. The molecule has 2 fully saturated rings. The number of carbonyl (C=O) groups is 2. The molecule has 2 rings (SSSR count). The smallest absolute Gasteiger partial charge is 0.320 e. The third-order valence-electron chi connectivity index (χ3n) is 4.20. The van der Waals surface area contributed by atoms with E-state index >= 15 is 0 Å². The molecule has 1 N–H and O–H groups in total. The predicted molar refractivity (Wildman–Crippen MR) is 76.8 cm³/mol. The molecule has 0 radical (unpaired) electrons. The molecule has 2 heterocycles. The van der Waals surface area contributed by atoms with E-state index in [9.17, 15) is 18.0 Å². The number of carbonyl (C=O) groups excluding carboxylic acids is 1. The molecule has 0 aromatic rings. The number of nitrogens with zero attached hydrogens (tertiary/aromatic N) is 2. The first-order valence-corrected chi connectivity index (χ1v) is 9.12. The van der Waals surface area contributed by atoms with E-state index in [0.29, 0.717) is 13.0 Å². The molecule has 21 heavy (non-hydrogen) atoms. The van der Waals surface area contributed by atoms with E-state index in [4.69, 9.17) is 5.11 Å². The maximum absolute atomic E-state index is 12.6. The van der Waals surface area contributed by atoms with Gasteiger partial charge < -0.3 is 14.9 Å². The maximum atomic E-state index is 12.6. The fourth-order valence-corrected chi connectivity index (χ4v) is 4.67.